The Balaban J connectivity index is 4.75. The van der Waals surface area contributed by atoms with Crippen LogP contribution in [-0.4, -0.2) is 53.8 Å². The Morgan fingerprint density at radius 1 is 1.17 bits per heavy atom. The highest BCUT2D eigenvalue weighted by Crippen LogP contribution is 2.45. The summed E-state index contributed by atoms with van der Waals surface area (Å²) in [4.78, 5) is 0. The molecule has 0 aromatic heterocycles. The Hall–Kier alpha value is -0.280. The number of hydrogen-bond donors (Lipinski definition) is 2. The fraction of sp³-hybridized carbons (Fsp3) is 0.938. The van der Waals surface area contributed by atoms with E-state index in [2.05, 4.69) is 57.6 Å². The second kappa shape index (κ2) is 13.1. The second-order valence-electron chi connectivity index (χ2n) is 6.20. The van der Waals surface area contributed by atoms with Gasteiger partial charge in [-0.3, -0.25) is 0 Å². The van der Waals surface area contributed by atoms with Crippen LogP contribution in [0.5, 0.6) is 0 Å². The van der Waals surface area contributed by atoms with Gasteiger partial charge in [0.25, 0.3) is 8.53 Å². The Morgan fingerprint density at radius 3 is 2.22 bits per heavy atom. The van der Waals surface area contributed by atoms with Gasteiger partial charge in [-0.15, -0.1) is 0 Å². The number of nitrogens with one attached hydrogen (secondary N) is 1. The van der Waals surface area contributed by atoms with Gasteiger partial charge in [0.05, 0.1) is 38.4 Å². The predicted molar refractivity (Wildman–Crippen MR) is 94.9 cm³/mol. The predicted octanol–water partition coefficient (Wildman–Crippen LogP) is 3.03. The second-order valence-corrected chi connectivity index (χ2v) is 7.65. The van der Waals surface area contributed by atoms with Crippen LogP contribution in [0.1, 0.15) is 54.4 Å². The maximum Gasteiger partial charge on any atom is 0.259 e. The highest BCUT2D eigenvalue weighted by Gasteiger charge is 2.28. The number of aliphatic hydroxyl groups is 1. The van der Waals surface area contributed by atoms with Crippen molar-refractivity contribution in [2.45, 2.75) is 78.6 Å². The molecule has 0 rings (SSSR count). The average molecular weight is 347 g/mol. The highest BCUT2D eigenvalue weighted by molar-refractivity contribution is 7.44. The zero-order chi connectivity index (χ0) is 17.8. The van der Waals surface area contributed by atoms with E-state index in [1.165, 1.54) is 0 Å². The van der Waals surface area contributed by atoms with Crippen molar-refractivity contribution in [2.24, 2.45) is 0 Å². The Morgan fingerprint density at radius 2 is 1.78 bits per heavy atom. The summed E-state index contributed by atoms with van der Waals surface area (Å²) in [5.74, 6) is 0. The van der Waals surface area contributed by atoms with Crippen LogP contribution in [-0.2, 0) is 9.05 Å². The lowest BCUT2D eigenvalue weighted by Crippen LogP contribution is -2.42. The molecule has 0 fully saturated rings. The van der Waals surface area contributed by atoms with Gasteiger partial charge in [-0.1, -0.05) is 6.92 Å². The number of nitriles is 1. The molecule has 3 unspecified atom stereocenters. The maximum absolute atomic E-state index is 9.52. The summed E-state index contributed by atoms with van der Waals surface area (Å²) in [5.41, 5.74) is 0. The molecule has 3 atom stereocenters. The van der Waals surface area contributed by atoms with Gasteiger partial charge in [0.2, 0.25) is 0 Å². The minimum Gasteiger partial charge on any atom is -0.395 e. The standard InChI is InChI=1S/C16H34N3O3P/c1-7-15(6)18-16(11-20)12-22-23(21-10-8-9-17)19(13(2)3)14(4)5/h13-16,18,20H,7-8,10-12H2,1-6H3. The molecule has 2 N–H and O–H groups in total. The number of nitrogens with zero attached hydrogens (tertiary/aromatic N) is 2. The zero-order valence-corrected chi connectivity index (χ0v) is 16.3. The molecule has 0 spiro atoms. The minimum atomic E-state index is -1.25. The van der Waals surface area contributed by atoms with Gasteiger partial charge in [0.15, 0.2) is 0 Å². The monoisotopic (exact) mass is 347 g/mol. The first kappa shape index (κ1) is 22.7. The largest absolute Gasteiger partial charge is 0.395 e. The van der Waals surface area contributed by atoms with E-state index in [4.69, 9.17) is 14.3 Å². The molecule has 0 aliphatic carbocycles. The zero-order valence-electron chi connectivity index (χ0n) is 15.5. The number of aliphatic hydroxyl groups excluding tert-OH is 1. The van der Waals surface area contributed by atoms with Crippen LogP contribution in [0.2, 0.25) is 0 Å². The lowest BCUT2D eigenvalue weighted by molar-refractivity contribution is 0.138. The lowest BCUT2D eigenvalue weighted by Gasteiger charge is -2.36. The third-order valence-electron chi connectivity index (χ3n) is 3.40. The van der Waals surface area contributed by atoms with Crippen LogP contribution < -0.4 is 5.32 Å². The molecule has 136 valence electrons. The summed E-state index contributed by atoms with van der Waals surface area (Å²) >= 11 is 0. The summed E-state index contributed by atoms with van der Waals surface area (Å²) in [5, 5.41) is 21.6. The molecule has 0 aliphatic heterocycles. The summed E-state index contributed by atoms with van der Waals surface area (Å²) in [7, 11) is -1.25. The van der Waals surface area contributed by atoms with E-state index in [1.807, 2.05) is 0 Å². The molecule has 0 bridgehead atoms. The number of rotatable bonds is 13. The molecule has 0 amide bonds. The van der Waals surface area contributed by atoms with E-state index in [0.29, 0.717) is 25.7 Å². The molecule has 0 aromatic rings. The normalized spacial score (nSPS) is 15.9. The van der Waals surface area contributed by atoms with Crippen molar-refractivity contribution in [3.63, 3.8) is 0 Å². The molecular formula is C16H34N3O3P. The van der Waals surface area contributed by atoms with Crippen molar-refractivity contribution >= 4 is 8.53 Å². The van der Waals surface area contributed by atoms with Crippen LogP contribution in [0.3, 0.4) is 0 Å². The number of hydrogen-bond acceptors (Lipinski definition) is 6. The van der Waals surface area contributed by atoms with Gasteiger partial charge in [-0.25, -0.2) is 4.67 Å². The quantitative estimate of drug-likeness (QED) is 0.394. The van der Waals surface area contributed by atoms with Crippen molar-refractivity contribution in [3.8, 4) is 6.07 Å². The molecule has 7 heteroatoms. The van der Waals surface area contributed by atoms with E-state index >= 15 is 0 Å². The molecule has 0 heterocycles. The van der Waals surface area contributed by atoms with Gasteiger partial charge in [-0.05, 0) is 41.0 Å². The topological polar surface area (TPSA) is 77.7 Å². The average Bonchev–Trinajstić information content (AvgIpc) is 2.49. The fourth-order valence-electron chi connectivity index (χ4n) is 2.14. The minimum absolute atomic E-state index is 0.0229. The first-order valence-electron chi connectivity index (χ1n) is 8.45. The van der Waals surface area contributed by atoms with E-state index in [0.717, 1.165) is 6.42 Å². The molecule has 0 aliphatic rings. The molecular weight excluding hydrogens is 313 g/mol. The maximum atomic E-state index is 9.52. The van der Waals surface area contributed by atoms with Crippen molar-refractivity contribution in [1.82, 2.24) is 9.99 Å². The third kappa shape index (κ3) is 9.56. The molecule has 0 radical (unpaired) electrons. The van der Waals surface area contributed by atoms with E-state index in [1.54, 1.807) is 0 Å². The Bertz CT molecular complexity index is 329. The van der Waals surface area contributed by atoms with Crippen LogP contribution in [0.4, 0.5) is 0 Å². The first-order chi connectivity index (χ1) is 10.9. The summed E-state index contributed by atoms with van der Waals surface area (Å²) in [6.07, 6.45) is 1.34. The molecule has 6 nitrogen and oxygen atoms in total. The molecule has 0 saturated carbocycles. The first-order valence-corrected chi connectivity index (χ1v) is 9.58. The van der Waals surface area contributed by atoms with Crippen molar-refractivity contribution in [1.29, 1.82) is 5.26 Å². The highest BCUT2D eigenvalue weighted by atomic mass is 31.2. The summed E-state index contributed by atoms with van der Waals surface area (Å²) in [6, 6.07) is 2.85. The van der Waals surface area contributed by atoms with Crippen molar-refractivity contribution in [3.05, 3.63) is 0 Å². The summed E-state index contributed by atoms with van der Waals surface area (Å²) in [6.45, 7) is 13.4. The smallest absolute Gasteiger partial charge is 0.259 e. The van der Waals surface area contributed by atoms with E-state index < -0.39 is 8.53 Å². The van der Waals surface area contributed by atoms with Gasteiger partial charge in [0, 0.05) is 18.1 Å². The third-order valence-corrected chi connectivity index (χ3v) is 5.48. The van der Waals surface area contributed by atoms with Gasteiger partial charge < -0.3 is 19.5 Å². The SMILES string of the molecule is CCC(C)NC(CO)COP(OCCC#N)N(C(C)C)C(C)C. The van der Waals surface area contributed by atoms with Crippen LogP contribution in [0, 0.1) is 11.3 Å². The Labute approximate surface area is 143 Å². The molecule has 23 heavy (non-hydrogen) atoms. The van der Waals surface area contributed by atoms with Crippen LogP contribution in [0.15, 0.2) is 0 Å². The van der Waals surface area contributed by atoms with Crippen molar-refractivity contribution in [2.75, 3.05) is 19.8 Å². The van der Waals surface area contributed by atoms with E-state index in [9.17, 15) is 5.11 Å². The van der Waals surface area contributed by atoms with Gasteiger partial charge in [0.1, 0.15) is 0 Å². The summed E-state index contributed by atoms with van der Waals surface area (Å²) < 4.78 is 14.0. The fourth-order valence-corrected chi connectivity index (χ4v) is 3.79. The Kier molecular flexibility index (Phi) is 12.9. The van der Waals surface area contributed by atoms with Crippen LogP contribution >= 0.6 is 8.53 Å². The molecule has 0 saturated heterocycles. The molecule has 0 aromatic carbocycles. The van der Waals surface area contributed by atoms with E-state index in [-0.39, 0.29) is 24.7 Å². The van der Waals surface area contributed by atoms with Gasteiger partial charge >= 0.3 is 0 Å². The van der Waals surface area contributed by atoms with Crippen LogP contribution in [0.25, 0.3) is 0 Å². The lowest BCUT2D eigenvalue weighted by atomic mass is 10.2. The van der Waals surface area contributed by atoms with Crippen molar-refractivity contribution < 1.29 is 14.2 Å². The van der Waals surface area contributed by atoms with Gasteiger partial charge in [-0.2, -0.15) is 5.26 Å².